The number of aliphatic hydroxyl groups excluding tert-OH is 1. The van der Waals surface area contributed by atoms with E-state index in [9.17, 15) is 0 Å². The van der Waals surface area contributed by atoms with Crippen LogP contribution in [0.3, 0.4) is 0 Å². The van der Waals surface area contributed by atoms with E-state index in [0.29, 0.717) is 12.5 Å². The molecule has 0 aromatic heterocycles. The van der Waals surface area contributed by atoms with Crippen LogP contribution in [0.5, 0.6) is 5.75 Å². The van der Waals surface area contributed by atoms with Crippen LogP contribution in [0.25, 0.3) is 0 Å². The maximum Gasteiger partial charge on any atom is 0.119 e. The largest absolute Gasteiger partial charge is 0.494 e. The molecule has 19 heavy (non-hydrogen) atoms. The minimum Gasteiger partial charge on any atom is -0.494 e. The Morgan fingerprint density at radius 3 is 2.79 bits per heavy atom. The first-order valence-corrected chi connectivity index (χ1v) is 7.30. The summed E-state index contributed by atoms with van der Waals surface area (Å²) in [5.74, 6) is 1.50. The molecule has 1 saturated heterocycles. The van der Waals surface area contributed by atoms with Gasteiger partial charge in [-0.15, -0.1) is 0 Å². The smallest absolute Gasteiger partial charge is 0.119 e. The molecule has 3 nitrogen and oxygen atoms in total. The number of nitrogens with zero attached hydrogens (tertiary/aromatic N) is 1. The van der Waals surface area contributed by atoms with E-state index in [-0.39, 0.29) is 0 Å². The molecule has 0 atom stereocenters. The molecule has 1 aromatic rings. The molecule has 0 radical (unpaired) electrons. The van der Waals surface area contributed by atoms with Crippen molar-refractivity contribution in [3.05, 3.63) is 29.8 Å². The maximum atomic E-state index is 9.10. The van der Waals surface area contributed by atoms with E-state index in [0.717, 1.165) is 51.3 Å². The molecule has 1 fully saturated rings. The Hall–Kier alpha value is -1.06. The van der Waals surface area contributed by atoms with Crippen LogP contribution in [0.2, 0.25) is 0 Å². The summed E-state index contributed by atoms with van der Waals surface area (Å²) in [6.07, 6.45) is 3.34. The number of ether oxygens (including phenoxy) is 1. The molecule has 3 heteroatoms. The van der Waals surface area contributed by atoms with Gasteiger partial charge in [0.15, 0.2) is 0 Å². The van der Waals surface area contributed by atoms with Crippen LogP contribution in [-0.2, 0) is 0 Å². The first-order chi connectivity index (χ1) is 9.28. The third kappa shape index (κ3) is 4.84. The second-order valence-corrected chi connectivity index (χ2v) is 5.49. The molecule has 1 heterocycles. The van der Waals surface area contributed by atoms with Gasteiger partial charge < -0.3 is 14.7 Å². The average Bonchev–Trinajstić information content (AvgIpc) is 2.44. The van der Waals surface area contributed by atoms with E-state index in [1.54, 1.807) is 0 Å². The first-order valence-electron chi connectivity index (χ1n) is 7.30. The molecule has 0 saturated carbocycles. The quantitative estimate of drug-likeness (QED) is 0.800. The highest BCUT2D eigenvalue weighted by Crippen LogP contribution is 2.16. The third-order valence-corrected chi connectivity index (χ3v) is 3.84. The zero-order chi connectivity index (χ0) is 13.5. The molecule has 106 valence electrons. The van der Waals surface area contributed by atoms with E-state index in [4.69, 9.17) is 9.84 Å². The van der Waals surface area contributed by atoms with Crippen molar-refractivity contribution in [3.63, 3.8) is 0 Å². The minimum absolute atomic E-state index is 0.351. The predicted octanol–water partition coefficient (Wildman–Crippen LogP) is 2.47. The highest BCUT2D eigenvalue weighted by Gasteiger charge is 2.17. The fourth-order valence-electron chi connectivity index (χ4n) is 2.58. The molecule has 1 N–H and O–H groups in total. The lowest BCUT2D eigenvalue weighted by atomic mass is 9.98. The van der Waals surface area contributed by atoms with Gasteiger partial charge in [-0.25, -0.2) is 0 Å². The van der Waals surface area contributed by atoms with Crippen LogP contribution in [0.15, 0.2) is 24.3 Å². The second kappa shape index (κ2) is 7.51. The van der Waals surface area contributed by atoms with Gasteiger partial charge in [0.2, 0.25) is 0 Å². The zero-order valence-electron chi connectivity index (χ0n) is 11.8. The monoisotopic (exact) mass is 263 g/mol. The topological polar surface area (TPSA) is 32.7 Å². The van der Waals surface area contributed by atoms with Crippen LogP contribution >= 0.6 is 0 Å². The van der Waals surface area contributed by atoms with Crippen LogP contribution in [0, 0.1) is 12.8 Å². The normalized spacial score (nSPS) is 17.6. The first kappa shape index (κ1) is 14.4. The van der Waals surface area contributed by atoms with Crippen molar-refractivity contribution < 1.29 is 9.84 Å². The zero-order valence-corrected chi connectivity index (χ0v) is 11.8. The number of piperidine rings is 1. The Balaban J connectivity index is 1.60. The fraction of sp³-hybridized carbons (Fsp3) is 0.625. The van der Waals surface area contributed by atoms with Gasteiger partial charge in [-0.05, 0) is 62.9 Å². The summed E-state index contributed by atoms with van der Waals surface area (Å²) in [5, 5.41) is 9.10. The molecule has 1 aromatic carbocycles. The lowest BCUT2D eigenvalue weighted by Crippen LogP contribution is -2.35. The molecule has 0 unspecified atom stereocenters. The summed E-state index contributed by atoms with van der Waals surface area (Å²) in [6, 6.07) is 8.20. The molecule has 0 aliphatic carbocycles. The Labute approximate surface area is 116 Å². The van der Waals surface area contributed by atoms with Gasteiger partial charge in [0, 0.05) is 13.2 Å². The molecule has 0 bridgehead atoms. The molecule has 0 amide bonds. The van der Waals surface area contributed by atoms with Crippen LogP contribution in [0.4, 0.5) is 0 Å². The van der Waals surface area contributed by atoms with Gasteiger partial charge in [0.25, 0.3) is 0 Å². The van der Waals surface area contributed by atoms with Crippen molar-refractivity contribution in [2.24, 2.45) is 5.92 Å². The highest BCUT2D eigenvalue weighted by atomic mass is 16.5. The van der Waals surface area contributed by atoms with Crippen molar-refractivity contribution in [1.82, 2.24) is 4.90 Å². The summed E-state index contributed by atoms with van der Waals surface area (Å²) < 4.78 is 5.75. The number of likely N-dealkylation sites (tertiary alicyclic amines) is 1. The van der Waals surface area contributed by atoms with E-state index < -0.39 is 0 Å². The highest BCUT2D eigenvalue weighted by molar-refractivity contribution is 5.27. The van der Waals surface area contributed by atoms with E-state index >= 15 is 0 Å². The molecular weight excluding hydrogens is 238 g/mol. The second-order valence-electron chi connectivity index (χ2n) is 5.49. The minimum atomic E-state index is 0.351. The molecule has 2 rings (SSSR count). The Kier molecular flexibility index (Phi) is 5.67. The van der Waals surface area contributed by atoms with E-state index in [2.05, 4.69) is 24.0 Å². The van der Waals surface area contributed by atoms with Crippen molar-refractivity contribution >= 4 is 0 Å². The van der Waals surface area contributed by atoms with Gasteiger partial charge in [-0.3, -0.25) is 0 Å². The summed E-state index contributed by atoms with van der Waals surface area (Å²) in [7, 11) is 0. The van der Waals surface area contributed by atoms with Crippen LogP contribution < -0.4 is 4.74 Å². The van der Waals surface area contributed by atoms with Crippen LogP contribution in [-0.4, -0.2) is 42.9 Å². The van der Waals surface area contributed by atoms with Crippen molar-refractivity contribution in [2.75, 3.05) is 32.8 Å². The Morgan fingerprint density at radius 1 is 1.32 bits per heavy atom. The Bertz CT molecular complexity index is 373. The molecule has 1 aliphatic heterocycles. The number of aliphatic hydroxyl groups is 1. The summed E-state index contributed by atoms with van der Waals surface area (Å²) in [4.78, 5) is 2.48. The SMILES string of the molecule is Cc1cccc(OCCCN2CCC(CO)CC2)c1. The number of rotatable bonds is 6. The number of hydrogen-bond donors (Lipinski definition) is 1. The van der Waals surface area contributed by atoms with E-state index in [1.165, 1.54) is 5.56 Å². The van der Waals surface area contributed by atoms with Gasteiger partial charge >= 0.3 is 0 Å². The number of aryl methyl sites for hydroxylation is 1. The van der Waals surface area contributed by atoms with Crippen molar-refractivity contribution in [3.8, 4) is 5.75 Å². The number of benzene rings is 1. The lowest BCUT2D eigenvalue weighted by Gasteiger charge is -2.30. The van der Waals surface area contributed by atoms with Gasteiger partial charge in [0.05, 0.1) is 6.61 Å². The standard InChI is InChI=1S/C16H25NO2/c1-14-4-2-5-16(12-14)19-11-3-8-17-9-6-15(13-18)7-10-17/h2,4-5,12,15,18H,3,6-11,13H2,1H3. The fourth-order valence-corrected chi connectivity index (χ4v) is 2.58. The van der Waals surface area contributed by atoms with Crippen LogP contribution in [0.1, 0.15) is 24.8 Å². The van der Waals surface area contributed by atoms with Gasteiger partial charge in [-0.2, -0.15) is 0 Å². The van der Waals surface area contributed by atoms with Crippen molar-refractivity contribution in [2.45, 2.75) is 26.2 Å². The predicted molar refractivity (Wildman–Crippen MR) is 77.5 cm³/mol. The molecular formula is C16H25NO2. The summed E-state index contributed by atoms with van der Waals surface area (Å²) in [5.41, 5.74) is 1.24. The third-order valence-electron chi connectivity index (χ3n) is 3.84. The van der Waals surface area contributed by atoms with Crippen molar-refractivity contribution in [1.29, 1.82) is 0 Å². The van der Waals surface area contributed by atoms with E-state index in [1.807, 2.05) is 12.1 Å². The maximum absolute atomic E-state index is 9.10. The number of hydrogen-bond acceptors (Lipinski definition) is 3. The summed E-state index contributed by atoms with van der Waals surface area (Å²) >= 11 is 0. The molecule has 0 spiro atoms. The summed E-state index contributed by atoms with van der Waals surface area (Å²) in [6.45, 7) is 6.56. The molecule has 1 aliphatic rings. The van der Waals surface area contributed by atoms with Gasteiger partial charge in [0.1, 0.15) is 5.75 Å². The average molecular weight is 263 g/mol. The Morgan fingerprint density at radius 2 is 2.11 bits per heavy atom. The van der Waals surface area contributed by atoms with Gasteiger partial charge in [-0.1, -0.05) is 12.1 Å². The lowest BCUT2D eigenvalue weighted by molar-refractivity contribution is 0.126.